The summed E-state index contributed by atoms with van der Waals surface area (Å²) in [5.41, 5.74) is 5.59. The summed E-state index contributed by atoms with van der Waals surface area (Å²) in [6, 6.07) is -0.452. The van der Waals surface area contributed by atoms with Crippen molar-refractivity contribution in [3.05, 3.63) is 5.82 Å². The fraction of sp³-hybridized carbons (Fsp3) is 0.714. The van der Waals surface area contributed by atoms with Gasteiger partial charge in [-0.25, -0.2) is 0 Å². The summed E-state index contributed by atoms with van der Waals surface area (Å²) < 4.78 is 0. The molecule has 1 aromatic rings. The number of nitrogens with two attached hydrogens (primary N) is 1. The van der Waals surface area contributed by atoms with Gasteiger partial charge in [-0.05, 0) is 6.42 Å². The average molecular weight is 198 g/mol. The van der Waals surface area contributed by atoms with E-state index in [9.17, 15) is 4.79 Å². The van der Waals surface area contributed by atoms with Crippen LogP contribution in [0.1, 0.15) is 25.6 Å². The van der Waals surface area contributed by atoms with Crippen LogP contribution in [0, 0.1) is 0 Å². The van der Waals surface area contributed by atoms with Gasteiger partial charge in [-0.2, -0.15) is 5.21 Å². The van der Waals surface area contributed by atoms with Crippen molar-refractivity contribution in [1.82, 2.24) is 25.9 Å². The second kappa shape index (κ2) is 5.28. The van der Waals surface area contributed by atoms with Crippen LogP contribution in [-0.2, 0) is 11.3 Å². The maximum absolute atomic E-state index is 11.3. The summed E-state index contributed by atoms with van der Waals surface area (Å²) in [6.45, 7) is 2.24. The first kappa shape index (κ1) is 10.6. The summed E-state index contributed by atoms with van der Waals surface area (Å²) in [6.07, 6.45) is 1.56. The first-order valence-corrected chi connectivity index (χ1v) is 4.49. The minimum Gasteiger partial charge on any atom is -0.347 e. The predicted molar refractivity (Wildman–Crippen MR) is 48.9 cm³/mol. The van der Waals surface area contributed by atoms with Crippen molar-refractivity contribution >= 4 is 5.91 Å². The fourth-order valence-electron chi connectivity index (χ4n) is 0.997. The number of amides is 1. The molecule has 0 fully saturated rings. The number of carbonyl (C=O) groups excluding carboxylic acids is 1. The standard InChI is InChI=1S/C7H14N6O/c1-2-3-5(8)7(14)9-4-6-10-12-13-11-6/h5H,2-4,8H2,1H3,(H,9,14)(H,10,11,12,13). The Balaban J connectivity index is 2.27. The number of aromatic nitrogens is 4. The maximum Gasteiger partial charge on any atom is 0.237 e. The highest BCUT2D eigenvalue weighted by atomic mass is 16.2. The SMILES string of the molecule is CCCC(N)C(=O)NCc1nn[nH]n1. The lowest BCUT2D eigenvalue weighted by atomic mass is 10.2. The molecule has 7 heteroatoms. The molecule has 1 unspecified atom stereocenters. The molecule has 0 saturated carbocycles. The van der Waals surface area contributed by atoms with Crippen molar-refractivity contribution in [2.45, 2.75) is 32.4 Å². The van der Waals surface area contributed by atoms with Gasteiger partial charge in [0.15, 0.2) is 5.82 Å². The minimum atomic E-state index is -0.452. The van der Waals surface area contributed by atoms with Crippen molar-refractivity contribution < 1.29 is 4.79 Å². The molecular formula is C7H14N6O. The first-order chi connectivity index (χ1) is 6.74. The van der Waals surface area contributed by atoms with Gasteiger partial charge in [-0.3, -0.25) is 4.79 Å². The van der Waals surface area contributed by atoms with Crippen molar-refractivity contribution in [2.75, 3.05) is 0 Å². The highest BCUT2D eigenvalue weighted by Crippen LogP contribution is 1.93. The van der Waals surface area contributed by atoms with Crippen molar-refractivity contribution in [3.63, 3.8) is 0 Å². The Kier molecular flexibility index (Phi) is 3.99. The van der Waals surface area contributed by atoms with E-state index in [1.165, 1.54) is 0 Å². The smallest absolute Gasteiger partial charge is 0.237 e. The number of hydrogen-bond donors (Lipinski definition) is 3. The molecule has 14 heavy (non-hydrogen) atoms. The van der Waals surface area contributed by atoms with E-state index in [0.29, 0.717) is 12.2 Å². The van der Waals surface area contributed by atoms with E-state index in [0.717, 1.165) is 6.42 Å². The normalized spacial score (nSPS) is 12.4. The van der Waals surface area contributed by atoms with E-state index in [1.807, 2.05) is 6.92 Å². The molecular weight excluding hydrogens is 184 g/mol. The van der Waals surface area contributed by atoms with E-state index >= 15 is 0 Å². The number of nitrogens with zero attached hydrogens (tertiary/aromatic N) is 3. The van der Waals surface area contributed by atoms with Crippen LogP contribution in [0.5, 0.6) is 0 Å². The summed E-state index contributed by atoms with van der Waals surface area (Å²) in [4.78, 5) is 11.3. The molecule has 0 saturated heterocycles. The Morgan fingerprint density at radius 3 is 3.07 bits per heavy atom. The number of rotatable bonds is 5. The average Bonchev–Trinajstić information content (AvgIpc) is 2.67. The van der Waals surface area contributed by atoms with Gasteiger partial charge in [0, 0.05) is 0 Å². The molecule has 0 radical (unpaired) electrons. The Hall–Kier alpha value is -1.50. The van der Waals surface area contributed by atoms with Gasteiger partial charge in [-0.15, -0.1) is 10.2 Å². The van der Waals surface area contributed by atoms with E-state index in [2.05, 4.69) is 25.9 Å². The third-order valence-electron chi connectivity index (χ3n) is 1.75. The largest absolute Gasteiger partial charge is 0.347 e. The molecule has 1 heterocycles. The molecule has 1 rings (SSSR count). The molecule has 0 spiro atoms. The van der Waals surface area contributed by atoms with Crippen LogP contribution in [-0.4, -0.2) is 32.6 Å². The van der Waals surface area contributed by atoms with E-state index in [1.54, 1.807) is 0 Å². The molecule has 1 atom stereocenters. The minimum absolute atomic E-state index is 0.184. The summed E-state index contributed by atoms with van der Waals surface area (Å²) in [5, 5.41) is 15.7. The van der Waals surface area contributed by atoms with Crippen LogP contribution in [0.3, 0.4) is 0 Å². The first-order valence-electron chi connectivity index (χ1n) is 4.49. The molecule has 0 aromatic carbocycles. The van der Waals surface area contributed by atoms with Crippen molar-refractivity contribution in [3.8, 4) is 0 Å². The van der Waals surface area contributed by atoms with Gasteiger partial charge < -0.3 is 11.1 Å². The van der Waals surface area contributed by atoms with Gasteiger partial charge in [0.25, 0.3) is 0 Å². The number of H-pyrrole nitrogens is 1. The molecule has 0 aliphatic heterocycles. The molecule has 7 nitrogen and oxygen atoms in total. The van der Waals surface area contributed by atoms with E-state index in [-0.39, 0.29) is 12.5 Å². The maximum atomic E-state index is 11.3. The lowest BCUT2D eigenvalue weighted by molar-refractivity contribution is -0.122. The zero-order valence-corrected chi connectivity index (χ0v) is 8.03. The van der Waals surface area contributed by atoms with Gasteiger partial charge in [0.2, 0.25) is 5.91 Å². The van der Waals surface area contributed by atoms with Crippen LogP contribution in [0.4, 0.5) is 0 Å². The molecule has 0 aliphatic carbocycles. The number of aromatic amines is 1. The van der Waals surface area contributed by atoms with Crippen LogP contribution in [0.2, 0.25) is 0 Å². The summed E-state index contributed by atoms with van der Waals surface area (Å²) in [5.74, 6) is 0.263. The molecule has 1 aromatic heterocycles. The monoisotopic (exact) mass is 198 g/mol. The molecule has 4 N–H and O–H groups in total. The van der Waals surface area contributed by atoms with Crippen LogP contribution >= 0.6 is 0 Å². The van der Waals surface area contributed by atoms with Crippen molar-refractivity contribution in [1.29, 1.82) is 0 Å². The topological polar surface area (TPSA) is 110 Å². The van der Waals surface area contributed by atoms with Crippen LogP contribution in [0.15, 0.2) is 0 Å². The second-order valence-corrected chi connectivity index (χ2v) is 2.94. The quantitative estimate of drug-likeness (QED) is 0.559. The van der Waals surface area contributed by atoms with E-state index < -0.39 is 6.04 Å². The zero-order valence-electron chi connectivity index (χ0n) is 8.03. The van der Waals surface area contributed by atoms with Gasteiger partial charge in [0.05, 0.1) is 12.6 Å². The fourth-order valence-corrected chi connectivity index (χ4v) is 0.997. The lowest BCUT2D eigenvalue weighted by Crippen LogP contribution is -2.40. The van der Waals surface area contributed by atoms with E-state index in [4.69, 9.17) is 5.73 Å². The van der Waals surface area contributed by atoms with Crippen LogP contribution in [0.25, 0.3) is 0 Å². The lowest BCUT2D eigenvalue weighted by Gasteiger charge is -2.09. The summed E-state index contributed by atoms with van der Waals surface area (Å²) >= 11 is 0. The Morgan fingerprint density at radius 1 is 1.71 bits per heavy atom. The second-order valence-electron chi connectivity index (χ2n) is 2.94. The third-order valence-corrected chi connectivity index (χ3v) is 1.75. The van der Waals surface area contributed by atoms with Gasteiger partial charge in [0.1, 0.15) is 0 Å². The van der Waals surface area contributed by atoms with Gasteiger partial charge >= 0.3 is 0 Å². The number of nitrogens with one attached hydrogen (secondary N) is 2. The third kappa shape index (κ3) is 3.09. The Morgan fingerprint density at radius 2 is 2.50 bits per heavy atom. The van der Waals surface area contributed by atoms with Crippen molar-refractivity contribution in [2.24, 2.45) is 5.73 Å². The Labute approximate surface area is 81.4 Å². The Bertz CT molecular complexity index is 272. The number of carbonyl (C=O) groups is 1. The molecule has 0 bridgehead atoms. The molecule has 0 aliphatic rings. The highest BCUT2D eigenvalue weighted by Gasteiger charge is 2.12. The molecule has 1 amide bonds. The van der Waals surface area contributed by atoms with Crippen LogP contribution < -0.4 is 11.1 Å². The number of tetrazole rings is 1. The number of hydrogen-bond acceptors (Lipinski definition) is 5. The summed E-state index contributed by atoms with van der Waals surface area (Å²) in [7, 11) is 0. The zero-order chi connectivity index (χ0) is 10.4. The molecule has 78 valence electrons. The predicted octanol–water partition coefficient (Wildman–Crippen LogP) is -1.06. The highest BCUT2D eigenvalue weighted by molar-refractivity contribution is 5.81. The van der Waals surface area contributed by atoms with Gasteiger partial charge in [-0.1, -0.05) is 18.6 Å².